The first kappa shape index (κ1) is 20.2. The highest BCUT2D eigenvalue weighted by atomic mass is 16.3. The lowest BCUT2D eigenvalue weighted by atomic mass is 9.89. The van der Waals surface area contributed by atoms with Crippen molar-refractivity contribution in [3.63, 3.8) is 0 Å². The molecule has 0 radical (unpaired) electrons. The van der Waals surface area contributed by atoms with Gasteiger partial charge in [-0.05, 0) is 31.4 Å². The van der Waals surface area contributed by atoms with Gasteiger partial charge in [-0.15, -0.1) is 0 Å². The lowest BCUT2D eigenvalue weighted by Gasteiger charge is -2.32. The van der Waals surface area contributed by atoms with Gasteiger partial charge in [0.1, 0.15) is 28.8 Å². The molecule has 1 aliphatic heterocycles. The molecule has 0 spiro atoms. The Morgan fingerprint density at radius 2 is 2.09 bits per heavy atom. The van der Waals surface area contributed by atoms with E-state index in [0.717, 1.165) is 12.8 Å². The Morgan fingerprint density at radius 3 is 2.78 bits per heavy atom. The van der Waals surface area contributed by atoms with Crippen LogP contribution in [0.25, 0.3) is 5.65 Å². The molecule has 2 atom stereocenters. The number of carbonyl (C=O) groups is 2. The first-order valence-electron chi connectivity index (χ1n) is 10.6. The van der Waals surface area contributed by atoms with Crippen molar-refractivity contribution in [2.45, 2.75) is 37.8 Å². The molecule has 4 N–H and O–H groups in total. The zero-order valence-corrected chi connectivity index (χ0v) is 17.6. The lowest BCUT2D eigenvalue weighted by Crippen LogP contribution is -2.50. The number of hydrogen-bond donors (Lipinski definition) is 4. The Kier molecular flexibility index (Phi) is 5.10. The molecule has 32 heavy (non-hydrogen) atoms. The zero-order chi connectivity index (χ0) is 22.2. The van der Waals surface area contributed by atoms with Crippen LogP contribution < -0.4 is 20.9 Å². The van der Waals surface area contributed by atoms with Gasteiger partial charge in [-0.1, -0.05) is 6.07 Å². The van der Waals surface area contributed by atoms with Gasteiger partial charge in [0.15, 0.2) is 5.65 Å². The maximum absolute atomic E-state index is 12.8. The Morgan fingerprint density at radius 1 is 1.22 bits per heavy atom. The molecular formula is C21H24N8O3. The number of nitrogens with zero attached hydrogens (tertiary/aromatic N) is 5. The molecule has 11 heteroatoms. The normalized spacial score (nSPS) is 20.3. The summed E-state index contributed by atoms with van der Waals surface area (Å²) in [5, 5.41) is 23.1. The quantitative estimate of drug-likeness (QED) is 0.454. The number of carbonyl (C=O) groups excluding carboxylic acids is 2. The first-order valence-corrected chi connectivity index (χ1v) is 10.6. The van der Waals surface area contributed by atoms with Crippen LogP contribution in [0.5, 0.6) is 0 Å². The van der Waals surface area contributed by atoms with Gasteiger partial charge in [0, 0.05) is 26.1 Å². The maximum Gasteiger partial charge on any atom is 0.257 e. The average molecular weight is 436 g/mol. The minimum atomic E-state index is -0.514. The summed E-state index contributed by atoms with van der Waals surface area (Å²) in [5.74, 6) is 1.96. The van der Waals surface area contributed by atoms with Crippen molar-refractivity contribution in [1.29, 1.82) is 0 Å². The summed E-state index contributed by atoms with van der Waals surface area (Å²) in [4.78, 5) is 35.6. The van der Waals surface area contributed by atoms with E-state index in [-0.39, 0.29) is 17.9 Å². The topological polar surface area (TPSA) is 137 Å². The predicted octanol–water partition coefficient (Wildman–Crippen LogP) is 1.29. The summed E-state index contributed by atoms with van der Waals surface area (Å²) < 4.78 is 1.55. The number of aliphatic hydroxyl groups is 1. The highest BCUT2D eigenvalue weighted by Crippen LogP contribution is 2.25. The highest BCUT2D eigenvalue weighted by Gasteiger charge is 2.31. The molecule has 3 aromatic heterocycles. The van der Waals surface area contributed by atoms with Crippen LogP contribution in [0, 0.1) is 0 Å². The van der Waals surface area contributed by atoms with Crippen molar-refractivity contribution >= 4 is 40.7 Å². The van der Waals surface area contributed by atoms with Crippen molar-refractivity contribution in [1.82, 2.24) is 24.9 Å². The third kappa shape index (κ3) is 3.60. The molecule has 2 fully saturated rings. The molecule has 2 amide bonds. The fraction of sp³-hybridized carbons (Fsp3) is 0.381. The standard InChI is InChI=1S/C21H24N8O3/c1-22-18-10-16(25-15-4-2-5-17(26-15)28-9-3-6-19(28)31)27-20-12(11-23-29(18)20)21(32)24-13-7-8-14(13)30/h2,4-5,10-11,13-14,22,30H,3,6-9H2,1H3,(H,24,32)(H,25,26,27)/t13-,14+/m0/s1. The molecule has 1 aliphatic carbocycles. The lowest BCUT2D eigenvalue weighted by molar-refractivity contribution is -0.117. The van der Waals surface area contributed by atoms with Gasteiger partial charge in [-0.2, -0.15) is 9.61 Å². The molecule has 5 rings (SSSR count). The molecular weight excluding hydrogens is 412 g/mol. The van der Waals surface area contributed by atoms with Crippen LogP contribution in [0.4, 0.5) is 23.3 Å². The predicted molar refractivity (Wildman–Crippen MR) is 118 cm³/mol. The Hall–Kier alpha value is -3.73. The molecule has 0 unspecified atom stereocenters. The maximum atomic E-state index is 12.8. The van der Waals surface area contributed by atoms with Crippen molar-refractivity contribution in [3.8, 4) is 0 Å². The van der Waals surface area contributed by atoms with Crippen LogP contribution in [0.3, 0.4) is 0 Å². The monoisotopic (exact) mass is 436 g/mol. The van der Waals surface area contributed by atoms with Gasteiger partial charge in [0.25, 0.3) is 5.91 Å². The number of aromatic nitrogens is 4. The van der Waals surface area contributed by atoms with E-state index in [0.29, 0.717) is 53.9 Å². The van der Waals surface area contributed by atoms with Crippen molar-refractivity contribution < 1.29 is 14.7 Å². The number of hydrogen-bond acceptors (Lipinski definition) is 8. The Bertz CT molecular complexity index is 1190. The minimum absolute atomic E-state index is 0.0677. The summed E-state index contributed by atoms with van der Waals surface area (Å²) in [5.41, 5.74) is 0.685. The third-order valence-corrected chi connectivity index (χ3v) is 5.87. The zero-order valence-electron chi connectivity index (χ0n) is 17.6. The van der Waals surface area contributed by atoms with E-state index < -0.39 is 6.10 Å². The highest BCUT2D eigenvalue weighted by molar-refractivity contribution is 6.00. The largest absolute Gasteiger partial charge is 0.391 e. The minimum Gasteiger partial charge on any atom is -0.391 e. The van der Waals surface area contributed by atoms with E-state index in [1.165, 1.54) is 6.20 Å². The van der Waals surface area contributed by atoms with Gasteiger partial charge < -0.3 is 21.1 Å². The molecule has 0 aromatic carbocycles. The van der Waals surface area contributed by atoms with E-state index in [1.807, 2.05) is 6.07 Å². The summed E-state index contributed by atoms with van der Waals surface area (Å²) >= 11 is 0. The van der Waals surface area contributed by atoms with Crippen LogP contribution in [0.2, 0.25) is 0 Å². The molecule has 2 aliphatic rings. The summed E-state index contributed by atoms with van der Waals surface area (Å²) in [6.45, 7) is 0.660. The summed E-state index contributed by atoms with van der Waals surface area (Å²) in [6.07, 6.45) is 3.74. The second-order valence-electron chi connectivity index (χ2n) is 7.95. The number of anilines is 4. The third-order valence-electron chi connectivity index (χ3n) is 5.87. The molecule has 1 saturated heterocycles. The fourth-order valence-electron chi connectivity index (χ4n) is 3.93. The Labute approximate surface area is 183 Å². The van der Waals surface area contributed by atoms with Gasteiger partial charge in [0.2, 0.25) is 5.91 Å². The van der Waals surface area contributed by atoms with Gasteiger partial charge in [0.05, 0.1) is 18.3 Å². The van der Waals surface area contributed by atoms with Crippen molar-refractivity contribution in [2.75, 3.05) is 29.1 Å². The molecule has 166 valence electrons. The number of nitrogens with one attached hydrogen (secondary N) is 3. The van der Waals surface area contributed by atoms with Crippen molar-refractivity contribution in [2.24, 2.45) is 0 Å². The fourth-order valence-corrected chi connectivity index (χ4v) is 3.93. The Balaban J connectivity index is 1.44. The summed E-state index contributed by atoms with van der Waals surface area (Å²) in [6, 6.07) is 6.93. The van der Waals surface area contributed by atoms with E-state index in [4.69, 9.17) is 0 Å². The van der Waals surface area contributed by atoms with Crippen LogP contribution in [0.15, 0.2) is 30.5 Å². The van der Waals surface area contributed by atoms with E-state index in [9.17, 15) is 14.7 Å². The molecule has 11 nitrogen and oxygen atoms in total. The van der Waals surface area contributed by atoms with Crippen LogP contribution in [-0.4, -0.2) is 62.2 Å². The van der Waals surface area contributed by atoms with E-state index in [2.05, 4.69) is 31.0 Å². The molecule has 4 heterocycles. The number of pyridine rings is 1. The van der Waals surface area contributed by atoms with Gasteiger partial charge in [-0.3, -0.25) is 14.5 Å². The van der Waals surface area contributed by atoms with Crippen LogP contribution in [-0.2, 0) is 4.79 Å². The number of aliphatic hydroxyl groups excluding tert-OH is 1. The van der Waals surface area contributed by atoms with Crippen molar-refractivity contribution in [3.05, 3.63) is 36.0 Å². The van der Waals surface area contributed by atoms with E-state index in [1.54, 1.807) is 34.7 Å². The summed E-state index contributed by atoms with van der Waals surface area (Å²) in [7, 11) is 1.75. The number of rotatable bonds is 6. The molecule has 1 saturated carbocycles. The SMILES string of the molecule is CNc1cc(Nc2cccc(N3CCCC3=O)n2)nc2c(C(=O)N[C@H]3CC[C@H]3O)cnn12. The first-order chi connectivity index (χ1) is 15.5. The molecule has 0 bridgehead atoms. The second-order valence-corrected chi connectivity index (χ2v) is 7.95. The number of amides is 2. The smallest absolute Gasteiger partial charge is 0.257 e. The average Bonchev–Trinajstić information content (AvgIpc) is 3.42. The molecule has 3 aromatic rings. The van der Waals surface area contributed by atoms with E-state index >= 15 is 0 Å². The van der Waals surface area contributed by atoms with Gasteiger partial charge >= 0.3 is 0 Å². The second kappa shape index (κ2) is 8.08. The van der Waals surface area contributed by atoms with Crippen LogP contribution >= 0.6 is 0 Å². The van der Waals surface area contributed by atoms with Crippen LogP contribution in [0.1, 0.15) is 36.0 Å². The number of fused-ring (bicyclic) bond motifs is 1. The van der Waals surface area contributed by atoms with Gasteiger partial charge in [-0.25, -0.2) is 9.97 Å².